The van der Waals surface area contributed by atoms with Gasteiger partial charge >= 0.3 is 5.97 Å². The summed E-state index contributed by atoms with van der Waals surface area (Å²) in [5.41, 5.74) is 1.59. The number of carbonyl (C=O) groups excluding carboxylic acids is 2. The number of rotatable bonds is 8. The van der Waals surface area contributed by atoms with Gasteiger partial charge in [0.1, 0.15) is 24.1 Å². The van der Waals surface area contributed by atoms with E-state index < -0.39 is 12.0 Å². The van der Waals surface area contributed by atoms with E-state index in [1.165, 1.54) is 0 Å². The number of anilines is 2. The maximum atomic E-state index is 13.1. The van der Waals surface area contributed by atoms with Crippen LogP contribution in [0.15, 0.2) is 59.7 Å². The van der Waals surface area contributed by atoms with E-state index in [1.807, 2.05) is 42.5 Å². The summed E-state index contributed by atoms with van der Waals surface area (Å²) in [6, 6.07) is 15.8. The van der Waals surface area contributed by atoms with Crippen LogP contribution in [0.2, 0.25) is 0 Å². The lowest BCUT2D eigenvalue weighted by Crippen LogP contribution is -2.38. The van der Waals surface area contributed by atoms with Crippen molar-refractivity contribution in [2.24, 2.45) is 5.10 Å². The number of hydrogen-bond donors (Lipinski definition) is 1. The summed E-state index contributed by atoms with van der Waals surface area (Å²) < 4.78 is 16.4. The Morgan fingerprint density at radius 2 is 1.94 bits per heavy atom. The van der Waals surface area contributed by atoms with Crippen LogP contribution in [0.3, 0.4) is 0 Å². The minimum absolute atomic E-state index is 0.148. The molecule has 0 bridgehead atoms. The van der Waals surface area contributed by atoms with Gasteiger partial charge in [-0.25, -0.2) is 4.79 Å². The molecule has 168 valence electrons. The van der Waals surface area contributed by atoms with Gasteiger partial charge in [-0.05, 0) is 56.2 Å². The minimum atomic E-state index is -0.660. The molecule has 2 aliphatic heterocycles. The minimum Gasteiger partial charge on any atom is -0.491 e. The molecule has 0 aliphatic carbocycles. The summed E-state index contributed by atoms with van der Waals surface area (Å²) in [5, 5.41) is 8.86. The van der Waals surface area contributed by atoms with Crippen LogP contribution < -0.4 is 15.1 Å². The van der Waals surface area contributed by atoms with Gasteiger partial charge in [-0.15, -0.1) is 0 Å². The van der Waals surface area contributed by atoms with Crippen LogP contribution in [-0.4, -0.2) is 49.6 Å². The molecule has 0 spiro atoms. The number of esters is 1. The van der Waals surface area contributed by atoms with Gasteiger partial charge in [0.15, 0.2) is 0 Å². The molecule has 1 N–H and O–H groups in total. The lowest BCUT2D eigenvalue weighted by molar-refractivity contribution is -0.135. The fourth-order valence-corrected chi connectivity index (χ4v) is 3.70. The van der Waals surface area contributed by atoms with Crippen molar-refractivity contribution in [1.29, 1.82) is 0 Å². The van der Waals surface area contributed by atoms with Crippen molar-refractivity contribution in [2.75, 3.05) is 30.1 Å². The van der Waals surface area contributed by atoms with Crippen LogP contribution >= 0.6 is 0 Å². The molecule has 8 heteroatoms. The molecule has 32 heavy (non-hydrogen) atoms. The Bertz CT molecular complexity index is 955. The Balaban J connectivity index is 1.41. The summed E-state index contributed by atoms with van der Waals surface area (Å²) in [7, 11) is 0. The first-order chi connectivity index (χ1) is 15.6. The summed E-state index contributed by atoms with van der Waals surface area (Å²) in [5.74, 6) is -0.0420. The number of hydrazone groups is 1. The lowest BCUT2D eigenvalue weighted by Gasteiger charge is -2.22. The van der Waals surface area contributed by atoms with Crippen LogP contribution in [-0.2, 0) is 19.1 Å². The van der Waals surface area contributed by atoms with E-state index in [0.29, 0.717) is 12.3 Å². The third kappa shape index (κ3) is 5.26. The first-order valence-corrected chi connectivity index (χ1v) is 10.9. The number of benzene rings is 2. The molecule has 2 heterocycles. The predicted octanol–water partition coefficient (Wildman–Crippen LogP) is 3.38. The van der Waals surface area contributed by atoms with E-state index >= 15 is 0 Å². The van der Waals surface area contributed by atoms with Gasteiger partial charge < -0.3 is 19.5 Å². The van der Waals surface area contributed by atoms with Gasteiger partial charge in [0.25, 0.3) is 0 Å². The fraction of sp³-hybridized carbons (Fsp3) is 0.375. The Morgan fingerprint density at radius 3 is 2.62 bits per heavy atom. The molecule has 2 atom stereocenters. The van der Waals surface area contributed by atoms with Gasteiger partial charge in [0.05, 0.1) is 18.4 Å². The lowest BCUT2D eigenvalue weighted by atomic mass is 10.1. The maximum Gasteiger partial charge on any atom is 0.354 e. The molecule has 0 aromatic heterocycles. The Labute approximate surface area is 187 Å². The van der Waals surface area contributed by atoms with Crippen LogP contribution in [0.1, 0.15) is 26.2 Å². The summed E-state index contributed by atoms with van der Waals surface area (Å²) in [6.45, 7) is 3.30. The van der Waals surface area contributed by atoms with Gasteiger partial charge in [-0.3, -0.25) is 9.80 Å². The predicted molar refractivity (Wildman–Crippen MR) is 121 cm³/mol. The van der Waals surface area contributed by atoms with E-state index in [4.69, 9.17) is 14.2 Å². The molecule has 0 saturated carbocycles. The fourth-order valence-electron chi connectivity index (χ4n) is 3.70. The number of nitrogens with one attached hydrogen (secondary N) is 1. The van der Waals surface area contributed by atoms with Crippen LogP contribution in [0, 0.1) is 0 Å². The van der Waals surface area contributed by atoms with Gasteiger partial charge in [0.2, 0.25) is 5.91 Å². The Hall–Kier alpha value is -3.39. The Morgan fingerprint density at radius 1 is 1.16 bits per heavy atom. The maximum absolute atomic E-state index is 13.1. The van der Waals surface area contributed by atoms with Crippen molar-refractivity contribution in [3.63, 3.8) is 0 Å². The van der Waals surface area contributed by atoms with Gasteiger partial charge in [0, 0.05) is 18.7 Å². The zero-order valence-corrected chi connectivity index (χ0v) is 18.0. The smallest absolute Gasteiger partial charge is 0.354 e. The monoisotopic (exact) mass is 437 g/mol. The Kier molecular flexibility index (Phi) is 7.01. The molecule has 1 amide bonds. The van der Waals surface area contributed by atoms with E-state index in [0.717, 1.165) is 30.9 Å². The number of para-hydroxylation sites is 1. The molecule has 8 nitrogen and oxygen atoms in total. The third-order valence-electron chi connectivity index (χ3n) is 5.33. The van der Waals surface area contributed by atoms with Crippen LogP contribution in [0.5, 0.6) is 5.75 Å². The number of ether oxygens (including phenoxy) is 3. The molecule has 2 aromatic rings. The number of hydrogen-bond acceptors (Lipinski definition) is 7. The normalized spacial score (nSPS) is 20.0. The second kappa shape index (κ2) is 10.3. The third-order valence-corrected chi connectivity index (χ3v) is 5.33. The zero-order chi connectivity index (χ0) is 22.3. The van der Waals surface area contributed by atoms with Crippen LogP contribution in [0.4, 0.5) is 11.4 Å². The molecular weight excluding hydrogens is 410 g/mol. The summed E-state index contributed by atoms with van der Waals surface area (Å²) >= 11 is 0. The zero-order valence-electron chi connectivity index (χ0n) is 18.0. The highest BCUT2D eigenvalue weighted by molar-refractivity contribution is 6.38. The van der Waals surface area contributed by atoms with E-state index in [2.05, 4.69) is 10.4 Å². The quantitative estimate of drug-likeness (QED) is 0.637. The molecule has 2 aromatic carbocycles. The largest absolute Gasteiger partial charge is 0.491 e. The van der Waals surface area contributed by atoms with Gasteiger partial charge in [-0.1, -0.05) is 18.2 Å². The van der Waals surface area contributed by atoms with Crippen molar-refractivity contribution in [3.8, 4) is 5.75 Å². The molecule has 4 rings (SSSR count). The molecule has 2 unspecified atom stereocenters. The van der Waals surface area contributed by atoms with Crippen molar-refractivity contribution in [1.82, 2.24) is 0 Å². The SMILES string of the molecule is CCOC(=O)C1=NN(c2ccccc2)C(C(=O)Nc2ccc(OCC3CCCO3)cc2)C1. The topological polar surface area (TPSA) is 89.5 Å². The standard InChI is InChI=1S/C24H27N3O5/c1-2-30-24(29)21-15-22(27(26-21)18-7-4-3-5-8-18)23(28)25-17-10-12-19(13-11-17)32-16-20-9-6-14-31-20/h3-5,7-8,10-13,20,22H,2,6,9,14-16H2,1H3,(H,25,28). The average Bonchev–Trinajstić information content (AvgIpc) is 3.50. The van der Waals surface area contributed by atoms with E-state index in [-0.39, 0.29) is 30.8 Å². The van der Waals surface area contributed by atoms with Crippen molar-refractivity contribution in [3.05, 3.63) is 54.6 Å². The van der Waals surface area contributed by atoms with Gasteiger partial charge in [-0.2, -0.15) is 5.10 Å². The highest BCUT2D eigenvalue weighted by atomic mass is 16.5. The second-order valence-electron chi connectivity index (χ2n) is 7.63. The summed E-state index contributed by atoms with van der Waals surface area (Å²) in [4.78, 5) is 25.3. The van der Waals surface area contributed by atoms with Crippen LogP contribution in [0.25, 0.3) is 0 Å². The first-order valence-electron chi connectivity index (χ1n) is 10.9. The van der Waals surface area contributed by atoms with E-state index in [1.54, 1.807) is 24.1 Å². The number of carbonyl (C=O) groups is 2. The molecule has 1 fully saturated rings. The highest BCUT2D eigenvalue weighted by Gasteiger charge is 2.36. The first kappa shape index (κ1) is 21.8. The summed E-state index contributed by atoms with van der Waals surface area (Å²) in [6.07, 6.45) is 2.40. The number of amides is 1. The second-order valence-corrected chi connectivity index (χ2v) is 7.63. The van der Waals surface area contributed by atoms with Crippen molar-refractivity contribution >= 4 is 29.0 Å². The molecule has 0 radical (unpaired) electrons. The van der Waals surface area contributed by atoms with Crippen molar-refractivity contribution in [2.45, 2.75) is 38.3 Å². The average molecular weight is 437 g/mol. The molecule has 2 aliphatic rings. The molecule has 1 saturated heterocycles. The van der Waals surface area contributed by atoms with Crippen molar-refractivity contribution < 1.29 is 23.8 Å². The number of nitrogens with zero attached hydrogens (tertiary/aromatic N) is 2. The van der Waals surface area contributed by atoms with E-state index in [9.17, 15) is 9.59 Å². The molecular formula is C24H27N3O5. The highest BCUT2D eigenvalue weighted by Crippen LogP contribution is 2.26.